The fourth-order valence-electron chi connectivity index (χ4n) is 1.91. The number of nitrogens with zero attached hydrogens (tertiary/aromatic N) is 1. The van der Waals surface area contributed by atoms with Crippen molar-refractivity contribution in [3.8, 4) is 5.75 Å². The van der Waals surface area contributed by atoms with Gasteiger partial charge in [-0.3, -0.25) is 9.78 Å². The fourth-order valence-corrected chi connectivity index (χ4v) is 2.13. The largest absolute Gasteiger partial charge is 0.497 e. The van der Waals surface area contributed by atoms with Gasteiger partial charge >= 0.3 is 0 Å². The van der Waals surface area contributed by atoms with Gasteiger partial charge < -0.3 is 20.5 Å². The number of ether oxygens (including phenoxy) is 1. The number of carbonyl (C=O) groups is 1. The van der Waals surface area contributed by atoms with Crippen LogP contribution in [0.5, 0.6) is 5.75 Å². The van der Waals surface area contributed by atoms with Crippen molar-refractivity contribution in [3.05, 3.63) is 29.4 Å². The molecule has 7 heteroatoms. The molecule has 0 fully saturated rings. The van der Waals surface area contributed by atoms with Gasteiger partial charge in [-0.2, -0.15) is 0 Å². The molecule has 3 N–H and O–H groups in total. The highest BCUT2D eigenvalue weighted by Crippen LogP contribution is 2.31. The van der Waals surface area contributed by atoms with Crippen molar-refractivity contribution >= 4 is 34.1 Å². The van der Waals surface area contributed by atoms with Crippen LogP contribution in [0.2, 0.25) is 5.02 Å². The van der Waals surface area contributed by atoms with E-state index in [0.717, 1.165) is 10.9 Å². The minimum absolute atomic E-state index is 0.0374. The Morgan fingerprint density at radius 1 is 1.52 bits per heavy atom. The highest BCUT2D eigenvalue weighted by molar-refractivity contribution is 6.34. The van der Waals surface area contributed by atoms with Crippen LogP contribution in [-0.4, -0.2) is 42.8 Å². The summed E-state index contributed by atoms with van der Waals surface area (Å²) in [5.41, 5.74) is 1.33. The molecule has 1 amide bonds. The second-order valence-electron chi connectivity index (χ2n) is 4.38. The molecule has 112 valence electrons. The van der Waals surface area contributed by atoms with Crippen LogP contribution in [0.25, 0.3) is 10.9 Å². The maximum Gasteiger partial charge on any atom is 0.250 e. The highest BCUT2D eigenvalue weighted by Gasteiger charge is 2.15. The third kappa shape index (κ3) is 3.34. The molecular weight excluding hydrogens is 294 g/mol. The lowest BCUT2D eigenvalue weighted by Crippen LogP contribution is -2.36. The van der Waals surface area contributed by atoms with Gasteiger partial charge in [-0.1, -0.05) is 11.6 Å². The van der Waals surface area contributed by atoms with Crippen molar-refractivity contribution in [1.82, 2.24) is 10.3 Å². The number of benzene rings is 1. The molecule has 1 unspecified atom stereocenters. The number of anilines is 1. The minimum atomic E-state index is -1.17. The number of nitrogens with one attached hydrogen (secondary N) is 2. The molecule has 0 bridgehead atoms. The average Bonchev–Trinajstić information content (AvgIpc) is 2.52. The van der Waals surface area contributed by atoms with E-state index in [0.29, 0.717) is 16.5 Å². The van der Waals surface area contributed by atoms with E-state index in [1.807, 2.05) is 6.07 Å². The lowest BCUT2D eigenvalue weighted by Gasteiger charge is -2.14. The molecular formula is C14H16ClN3O3. The number of methoxy groups -OCH3 is 1. The number of aliphatic hydroxyl groups is 1. The number of hydrogen-bond donors (Lipinski definition) is 3. The SMILES string of the molecule is CNC(=O)C(O)CNc1c(Cl)cnc2ccc(OC)cc12. The molecule has 0 saturated carbocycles. The second kappa shape index (κ2) is 6.60. The number of likely N-dealkylation sites (N-methyl/N-ethyl adjacent to an activating group) is 1. The van der Waals surface area contributed by atoms with Crippen molar-refractivity contribution in [3.63, 3.8) is 0 Å². The Labute approximate surface area is 127 Å². The Balaban J connectivity index is 2.33. The molecule has 2 rings (SSSR count). The average molecular weight is 310 g/mol. The van der Waals surface area contributed by atoms with E-state index in [9.17, 15) is 9.90 Å². The van der Waals surface area contributed by atoms with Crippen LogP contribution in [0.1, 0.15) is 0 Å². The van der Waals surface area contributed by atoms with Gasteiger partial charge in [0.15, 0.2) is 0 Å². The van der Waals surface area contributed by atoms with Crippen LogP contribution in [0.3, 0.4) is 0 Å². The Hall–Kier alpha value is -2.05. The summed E-state index contributed by atoms with van der Waals surface area (Å²) < 4.78 is 5.19. The van der Waals surface area contributed by atoms with Crippen molar-refractivity contribution in [2.45, 2.75) is 6.10 Å². The van der Waals surface area contributed by atoms with Gasteiger partial charge in [0.25, 0.3) is 0 Å². The van der Waals surface area contributed by atoms with Gasteiger partial charge in [-0.25, -0.2) is 0 Å². The lowest BCUT2D eigenvalue weighted by molar-refractivity contribution is -0.128. The zero-order chi connectivity index (χ0) is 15.4. The predicted octanol–water partition coefficient (Wildman–Crippen LogP) is 1.42. The van der Waals surface area contributed by atoms with Crippen LogP contribution in [0.15, 0.2) is 24.4 Å². The van der Waals surface area contributed by atoms with Gasteiger partial charge in [0, 0.05) is 25.2 Å². The van der Waals surface area contributed by atoms with Gasteiger partial charge in [0.05, 0.1) is 23.3 Å². The Morgan fingerprint density at radius 3 is 2.95 bits per heavy atom. The van der Waals surface area contributed by atoms with E-state index in [1.165, 1.54) is 13.2 Å². The molecule has 0 radical (unpaired) electrons. The number of pyridine rings is 1. The third-order valence-corrected chi connectivity index (χ3v) is 3.34. The molecule has 0 aliphatic heterocycles. The zero-order valence-electron chi connectivity index (χ0n) is 11.7. The van der Waals surface area contributed by atoms with Gasteiger partial charge in [-0.05, 0) is 18.2 Å². The van der Waals surface area contributed by atoms with Crippen molar-refractivity contribution in [2.75, 3.05) is 26.0 Å². The summed E-state index contributed by atoms with van der Waals surface area (Å²) in [5, 5.41) is 16.2. The number of hydrogen-bond acceptors (Lipinski definition) is 5. The Kier molecular flexibility index (Phi) is 4.82. The maximum atomic E-state index is 11.3. The first-order chi connectivity index (χ1) is 10.1. The van der Waals surface area contributed by atoms with E-state index in [2.05, 4.69) is 15.6 Å². The number of fused-ring (bicyclic) bond motifs is 1. The molecule has 1 heterocycles. The van der Waals surface area contributed by atoms with E-state index in [4.69, 9.17) is 16.3 Å². The summed E-state index contributed by atoms with van der Waals surface area (Å²) in [6.07, 6.45) is 0.352. The minimum Gasteiger partial charge on any atom is -0.497 e. The fraction of sp³-hybridized carbons (Fsp3) is 0.286. The normalized spacial score (nSPS) is 12.0. The van der Waals surface area contributed by atoms with Crippen molar-refractivity contribution in [1.29, 1.82) is 0 Å². The number of rotatable bonds is 5. The maximum absolute atomic E-state index is 11.3. The smallest absolute Gasteiger partial charge is 0.250 e. The first-order valence-corrected chi connectivity index (χ1v) is 6.70. The molecule has 0 spiro atoms. The van der Waals surface area contributed by atoms with Crippen molar-refractivity contribution in [2.24, 2.45) is 0 Å². The van der Waals surface area contributed by atoms with E-state index in [1.54, 1.807) is 19.2 Å². The van der Waals surface area contributed by atoms with E-state index >= 15 is 0 Å². The second-order valence-corrected chi connectivity index (χ2v) is 4.78. The van der Waals surface area contributed by atoms with Gasteiger partial charge in [0.2, 0.25) is 5.91 Å². The van der Waals surface area contributed by atoms with Crippen LogP contribution >= 0.6 is 11.6 Å². The van der Waals surface area contributed by atoms with Crippen LogP contribution in [0, 0.1) is 0 Å². The Bertz CT molecular complexity index is 663. The van der Waals surface area contributed by atoms with Crippen LogP contribution in [0.4, 0.5) is 5.69 Å². The predicted molar refractivity (Wildman–Crippen MR) is 81.9 cm³/mol. The molecule has 21 heavy (non-hydrogen) atoms. The first-order valence-electron chi connectivity index (χ1n) is 6.32. The number of aromatic nitrogens is 1. The standard InChI is InChI=1S/C14H16ClN3O3/c1-16-14(20)12(19)7-18-13-9-5-8(21-2)3-4-11(9)17-6-10(13)15/h3-6,12,19H,7H2,1-2H3,(H,16,20)(H,17,18). The molecule has 1 aromatic heterocycles. The summed E-state index contributed by atoms with van der Waals surface area (Å²) in [6.45, 7) is 0.0374. The van der Waals surface area contributed by atoms with Crippen LogP contribution in [-0.2, 0) is 4.79 Å². The topological polar surface area (TPSA) is 83.5 Å². The number of aliphatic hydroxyl groups excluding tert-OH is 1. The summed E-state index contributed by atoms with van der Waals surface area (Å²) >= 11 is 6.15. The highest BCUT2D eigenvalue weighted by atomic mass is 35.5. The lowest BCUT2D eigenvalue weighted by atomic mass is 10.1. The van der Waals surface area contributed by atoms with E-state index in [-0.39, 0.29) is 6.54 Å². The molecule has 1 aromatic carbocycles. The zero-order valence-corrected chi connectivity index (χ0v) is 12.4. The van der Waals surface area contributed by atoms with E-state index < -0.39 is 12.0 Å². The first kappa shape index (κ1) is 15.3. The summed E-state index contributed by atoms with van der Waals surface area (Å²) in [4.78, 5) is 15.5. The summed E-state index contributed by atoms with van der Waals surface area (Å²) in [7, 11) is 3.03. The summed E-state index contributed by atoms with van der Waals surface area (Å²) in [6, 6.07) is 5.40. The molecule has 0 aliphatic carbocycles. The van der Waals surface area contributed by atoms with Crippen molar-refractivity contribution < 1.29 is 14.6 Å². The number of amides is 1. The van der Waals surface area contributed by atoms with Gasteiger partial charge in [-0.15, -0.1) is 0 Å². The quantitative estimate of drug-likeness (QED) is 0.778. The van der Waals surface area contributed by atoms with Crippen LogP contribution < -0.4 is 15.4 Å². The molecule has 0 aliphatic rings. The Morgan fingerprint density at radius 2 is 2.29 bits per heavy atom. The molecule has 1 atom stereocenters. The van der Waals surface area contributed by atoms with Gasteiger partial charge in [0.1, 0.15) is 11.9 Å². The molecule has 0 saturated heterocycles. The number of halogens is 1. The molecule has 6 nitrogen and oxygen atoms in total. The number of carbonyl (C=O) groups excluding carboxylic acids is 1. The monoisotopic (exact) mass is 309 g/mol. The third-order valence-electron chi connectivity index (χ3n) is 3.05. The molecule has 2 aromatic rings. The summed E-state index contributed by atoms with van der Waals surface area (Å²) in [5.74, 6) is 0.205.